The van der Waals surface area contributed by atoms with E-state index in [0.29, 0.717) is 41.5 Å². The second-order valence-corrected chi connectivity index (χ2v) is 14.0. The van der Waals surface area contributed by atoms with Crippen molar-refractivity contribution in [1.29, 1.82) is 0 Å². The molecule has 0 bridgehead atoms. The molecule has 0 spiro atoms. The fourth-order valence-electron chi connectivity index (χ4n) is 5.47. The summed E-state index contributed by atoms with van der Waals surface area (Å²) in [6.45, 7) is -0.0551. The first-order valence-electron chi connectivity index (χ1n) is 15.4. The van der Waals surface area contributed by atoms with Crippen LogP contribution in [0.1, 0.15) is 22.7 Å². The Morgan fingerprint density at radius 1 is 0.796 bits per heavy atom. The van der Waals surface area contributed by atoms with Gasteiger partial charge < -0.3 is 29.4 Å². The Kier molecular flexibility index (Phi) is 13.4. The van der Waals surface area contributed by atoms with E-state index in [2.05, 4.69) is 21.2 Å². The number of aliphatic carboxylic acids is 1. The van der Waals surface area contributed by atoms with Gasteiger partial charge in [-0.2, -0.15) is 4.31 Å². The average Bonchev–Trinajstić information content (AvgIpc) is 3.10. The van der Waals surface area contributed by atoms with Crippen LogP contribution in [0, 0.1) is 11.7 Å². The molecule has 4 aromatic rings. The number of halogens is 2. The number of nitrogens with one attached hydrogen (secondary N) is 1. The maximum atomic E-state index is 14.1. The van der Waals surface area contributed by atoms with E-state index < -0.39 is 33.8 Å². The lowest BCUT2D eigenvalue weighted by Crippen LogP contribution is -2.44. The van der Waals surface area contributed by atoms with Crippen molar-refractivity contribution in [2.45, 2.75) is 23.8 Å². The number of hydrogen-bond acceptors (Lipinski definition) is 8. The molecular formula is C36H40BrFN2O8S. The predicted octanol–water partition coefficient (Wildman–Crippen LogP) is 6.13. The van der Waals surface area contributed by atoms with Crippen LogP contribution < -0.4 is 24.3 Å². The van der Waals surface area contributed by atoms with Crippen LogP contribution in [0.4, 0.5) is 4.39 Å². The molecule has 13 heteroatoms. The van der Waals surface area contributed by atoms with E-state index in [4.69, 9.17) is 18.9 Å². The summed E-state index contributed by atoms with van der Waals surface area (Å²) in [5, 5.41) is 14.0. The zero-order valence-electron chi connectivity index (χ0n) is 27.7. The Balaban J connectivity index is 1.67. The monoisotopic (exact) mass is 758 g/mol. The van der Waals surface area contributed by atoms with Gasteiger partial charge in [-0.25, -0.2) is 12.8 Å². The van der Waals surface area contributed by atoms with Gasteiger partial charge in [0.2, 0.25) is 10.0 Å². The lowest BCUT2D eigenvalue weighted by Gasteiger charge is -2.31. The number of methoxy groups -OCH3 is 4. The Labute approximate surface area is 294 Å². The minimum absolute atomic E-state index is 0.0579. The van der Waals surface area contributed by atoms with Crippen molar-refractivity contribution in [3.63, 3.8) is 0 Å². The topological polar surface area (TPSA) is 124 Å². The number of hydrogen-bond donors (Lipinski definition) is 2. The fourth-order valence-corrected chi connectivity index (χ4v) is 7.20. The van der Waals surface area contributed by atoms with E-state index >= 15 is 0 Å². The second-order valence-electron chi connectivity index (χ2n) is 11.1. The molecule has 0 saturated carbocycles. The van der Waals surface area contributed by atoms with Gasteiger partial charge in [0.05, 0.1) is 39.3 Å². The lowest BCUT2D eigenvalue weighted by molar-refractivity contribution is -0.143. The number of sulfonamides is 1. The Morgan fingerprint density at radius 3 is 1.84 bits per heavy atom. The van der Waals surface area contributed by atoms with Crippen LogP contribution in [-0.4, -0.2) is 71.9 Å². The Morgan fingerprint density at radius 2 is 1.33 bits per heavy atom. The normalized spacial score (nSPS) is 12.7. The molecule has 262 valence electrons. The van der Waals surface area contributed by atoms with E-state index in [0.717, 1.165) is 32.0 Å². The molecule has 49 heavy (non-hydrogen) atoms. The quantitative estimate of drug-likeness (QED) is 0.123. The summed E-state index contributed by atoms with van der Waals surface area (Å²) in [5.74, 6) is -0.829. The average molecular weight is 760 g/mol. The summed E-state index contributed by atoms with van der Waals surface area (Å²) in [4.78, 5) is 12.9. The number of benzene rings is 4. The predicted molar refractivity (Wildman–Crippen MR) is 188 cm³/mol. The zero-order chi connectivity index (χ0) is 35.6. The second kappa shape index (κ2) is 17.5. The van der Waals surface area contributed by atoms with Gasteiger partial charge in [0.1, 0.15) is 5.82 Å². The highest BCUT2D eigenvalue weighted by atomic mass is 79.9. The SMILES string of the molecule is COc1ccc(CCNC(c2ccc(Br)cc2)C(CN(CCc2ccc(OC)c(OC)c2)S(=O)(=O)c2ccc(F)cc2)C(=O)O)cc1OC. The van der Waals surface area contributed by atoms with Gasteiger partial charge in [-0.1, -0.05) is 40.2 Å². The molecule has 2 N–H and O–H groups in total. The summed E-state index contributed by atoms with van der Waals surface area (Å²) in [6.07, 6.45) is 0.763. The first-order chi connectivity index (χ1) is 23.5. The van der Waals surface area contributed by atoms with E-state index in [1.807, 2.05) is 12.1 Å². The van der Waals surface area contributed by atoms with E-state index in [9.17, 15) is 22.7 Å². The molecule has 10 nitrogen and oxygen atoms in total. The van der Waals surface area contributed by atoms with Gasteiger partial charge in [-0.3, -0.25) is 4.79 Å². The molecule has 0 aliphatic heterocycles. The standard InChI is InChI=1S/C36H40BrFN2O8S/c1-45-31-15-5-24(21-33(31)47-3)17-19-39-35(26-7-9-27(37)10-8-26)30(36(41)42)23-40(49(43,44)29-13-11-28(38)12-14-29)20-18-25-6-16-32(46-2)34(22-25)48-4/h5-16,21-22,30,35,39H,17-20,23H2,1-4H3,(H,41,42). The molecule has 0 fully saturated rings. The van der Waals surface area contributed by atoms with E-state index in [-0.39, 0.29) is 24.4 Å². The van der Waals surface area contributed by atoms with Crippen LogP contribution in [-0.2, 0) is 27.7 Å². The summed E-state index contributed by atoms with van der Waals surface area (Å²) < 4.78 is 65.4. The van der Waals surface area contributed by atoms with Crippen molar-refractivity contribution in [2.75, 3.05) is 48.1 Å². The van der Waals surface area contributed by atoms with Crippen LogP contribution >= 0.6 is 15.9 Å². The van der Waals surface area contributed by atoms with Crippen molar-refractivity contribution in [1.82, 2.24) is 9.62 Å². The molecule has 0 heterocycles. The number of carboxylic acid groups (broad SMARTS) is 1. The van der Waals surface area contributed by atoms with Crippen LogP contribution in [0.3, 0.4) is 0 Å². The van der Waals surface area contributed by atoms with Crippen LogP contribution in [0.25, 0.3) is 0 Å². The van der Waals surface area contributed by atoms with Crippen molar-refractivity contribution < 1.29 is 41.7 Å². The van der Waals surface area contributed by atoms with Crippen molar-refractivity contribution in [2.24, 2.45) is 5.92 Å². The molecule has 0 saturated heterocycles. The summed E-state index contributed by atoms with van der Waals surface area (Å²) in [5.41, 5.74) is 2.35. The number of carbonyl (C=O) groups is 1. The summed E-state index contributed by atoms with van der Waals surface area (Å²) in [6, 6.07) is 21.7. The van der Waals surface area contributed by atoms with E-state index in [1.165, 1.54) is 26.4 Å². The first kappa shape index (κ1) is 37.6. The van der Waals surface area contributed by atoms with Gasteiger partial charge in [0, 0.05) is 23.6 Å². The van der Waals surface area contributed by atoms with Gasteiger partial charge in [0.25, 0.3) is 0 Å². The van der Waals surface area contributed by atoms with Crippen LogP contribution in [0.2, 0.25) is 0 Å². The molecule has 0 aliphatic rings. The third kappa shape index (κ3) is 9.72. The van der Waals surface area contributed by atoms with Gasteiger partial charge in [0.15, 0.2) is 23.0 Å². The first-order valence-corrected chi connectivity index (χ1v) is 17.6. The van der Waals surface area contributed by atoms with Crippen molar-refractivity contribution in [3.05, 3.63) is 112 Å². The van der Waals surface area contributed by atoms with Gasteiger partial charge >= 0.3 is 5.97 Å². The largest absolute Gasteiger partial charge is 0.493 e. The maximum Gasteiger partial charge on any atom is 0.309 e. The molecule has 0 aliphatic carbocycles. The molecule has 2 unspecified atom stereocenters. The molecular weight excluding hydrogens is 719 g/mol. The summed E-state index contributed by atoms with van der Waals surface area (Å²) in [7, 11) is 1.87. The number of rotatable bonds is 18. The maximum absolute atomic E-state index is 14.1. The molecule has 0 aromatic heterocycles. The fraction of sp³-hybridized carbons (Fsp3) is 0.306. The highest BCUT2D eigenvalue weighted by Gasteiger charge is 2.35. The van der Waals surface area contributed by atoms with E-state index in [1.54, 1.807) is 62.8 Å². The summed E-state index contributed by atoms with van der Waals surface area (Å²) >= 11 is 3.44. The zero-order valence-corrected chi connectivity index (χ0v) is 30.1. The van der Waals surface area contributed by atoms with Crippen molar-refractivity contribution >= 4 is 31.9 Å². The third-order valence-electron chi connectivity index (χ3n) is 8.12. The van der Waals surface area contributed by atoms with Crippen molar-refractivity contribution in [3.8, 4) is 23.0 Å². The number of ether oxygens (including phenoxy) is 4. The number of carboxylic acids is 1. The number of nitrogens with zero attached hydrogens (tertiary/aromatic N) is 1. The highest BCUT2D eigenvalue weighted by Crippen LogP contribution is 2.31. The van der Waals surface area contributed by atoms with Gasteiger partial charge in [-0.15, -0.1) is 0 Å². The molecule has 4 aromatic carbocycles. The molecule has 0 amide bonds. The molecule has 2 atom stereocenters. The van der Waals surface area contributed by atoms with Crippen LogP contribution in [0.15, 0.2) is 94.3 Å². The van der Waals surface area contributed by atoms with Gasteiger partial charge in [-0.05, 0) is 96.7 Å². The molecule has 0 radical (unpaired) electrons. The minimum atomic E-state index is -4.26. The minimum Gasteiger partial charge on any atom is -0.493 e. The third-order valence-corrected chi connectivity index (χ3v) is 10.5. The highest BCUT2D eigenvalue weighted by molar-refractivity contribution is 9.10. The van der Waals surface area contributed by atoms with Crippen LogP contribution in [0.5, 0.6) is 23.0 Å². The smallest absolute Gasteiger partial charge is 0.309 e. The lowest BCUT2D eigenvalue weighted by atomic mass is 9.92. The Hall–Kier alpha value is -4.17. The molecule has 4 rings (SSSR count). The Bertz CT molecular complexity index is 1810.